The summed E-state index contributed by atoms with van der Waals surface area (Å²) >= 11 is 0. The van der Waals surface area contributed by atoms with Gasteiger partial charge in [0.25, 0.3) is 0 Å². The Morgan fingerprint density at radius 1 is 1.11 bits per heavy atom. The zero-order valence-electron chi connectivity index (χ0n) is 10.9. The van der Waals surface area contributed by atoms with Gasteiger partial charge in [-0.3, -0.25) is 0 Å². The van der Waals surface area contributed by atoms with Crippen molar-refractivity contribution < 1.29 is 0 Å². The van der Waals surface area contributed by atoms with E-state index in [-0.39, 0.29) is 0 Å². The molecule has 2 aromatic carbocycles. The molecule has 1 aromatic heterocycles. The zero-order chi connectivity index (χ0) is 13.1. The molecule has 1 heterocycles. The van der Waals surface area contributed by atoms with Crippen molar-refractivity contribution in [3.8, 4) is 5.69 Å². The topological polar surface area (TPSA) is 42.7 Å². The zero-order valence-corrected chi connectivity index (χ0v) is 10.9. The van der Waals surface area contributed by atoms with E-state index in [0.29, 0.717) is 0 Å². The Hall–Kier alpha value is -2.20. The molecule has 0 aliphatic rings. The van der Waals surface area contributed by atoms with E-state index in [1.165, 1.54) is 10.8 Å². The predicted molar refractivity (Wildman–Crippen MR) is 76.2 cm³/mol. The van der Waals surface area contributed by atoms with Gasteiger partial charge in [-0.2, -0.15) is 0 Å². The smallest absolute Gasteiger partial charge is 0.0783 e. The molecule has 0 saturated heterocycles. The Labute approximate surface area is 112 Å². The molecule has 0 aliphatic heterocycles. The second-order valence-corrected chi connectivity index (χ2v) is 4.42. The van der Waals surface area contributed by atoms with Crippen molar-refractivity contribution in [2.24, 2.45) is 0 Å². The van der Waals surface area contributed by atoms with Crippen LogP contribution in [0.3, 0.4) is 0 Å². The normalized spacial score (nSPS) is 11.0. The summed E-state index contributed by atoms with van der Waals surface area (Å²) in [4.78, 5) is 0. The van der Waals surface area contributed by atoms with Gasteiger partial charge in [0, 0.05) is 11.9 Å². The number of rotatable bonds is 4. The van der Waals surface area contributed by atoms with Crippen molar-refractivity contribution in [2.75, 3.05) is 6.54 Å². The Balaban J connectivity index is 2.12. The highest BCUT2D eigenvalue weighted by molar-refractivity contribution is 5.90. The summed E-state index contributed by atoms with van der Waals surface area (Å²) < 4.78 is 1.91. The molecular weight excluding hydrogens is 236 g/mol. The molecule has 0 radical (unpaired) electrons. The van der Waals surface area contributed by atoms with Gasteiger partial charge in [0.2, 0.25) is 0 Å². The number of hydrogen-bond acceptors (Lipinski definition) is 3. The van der Waals surface area contributed by atoms with E-state index in [1.807, 2.05) is 23.0 Å². The lowest BCUT2D eigenvalue weighted by molar-refractivity contribution is 0.674. The number of aromatic nitrogens is 3. The number of nitrogens with zero attached hydrogens (tertiary/aromatic N) is 3. The van der Waals surface area contributed by atoms with Crippen LogP contribution in [0.4, 0.5) is 0 Å². The Morgan fingerprint density at radius 3 is 2.84 bits per heavy atom. The van der Waals surface area contributed by atoms with Gasteiger partial charge in [0.05, 0.1) is 17.6 Å². The fourth-order valence-corrected chi connectivity index (χ4v) is 2.23. The van der Waals surface area contributed by atoms with Gasteiger partial charge in [-0.25, -0.2) is 4.68 Å². The summed E-state index contributed by atoms with van der Waals surface area (Å²) in [6, 6.07) is 14.6. The minimum atomic E-state index is 0.771. The largest absolute Gasteiger partial charge is 0.311 e. The molecule has 0 aliphatic carbocycles. The first kappa shape index (κ1) is 11.9. The first-order valence-electron chi connectivity index (χ1n) is 6.48. The highest BCUT2D eigenvalue weighted by Crippen LogP contribution is 2.22. The summed E-state index contributed by atoms with van der Waals surface area (Å²) in [6.07, 6.45) is 1.81. The molecule has 3 rings (SSSR count). The van der Waals surface area contributed by atoms with Gasteiger partial charge in [0.15, 0.2) is 0 Å². The third-order valence-electron chi connectivity index (χ3n) is 3.17. The molecule has 0 fully saturated rings. The fraction of sp³-hybridized carbons (Fsp3) is 0.200. The van der Waals surface area contributed by atoms with Crippen molar-refractivity contribution in [2.45, 2.75) is 13.5 Å². The van der Waals surface area contributed by atoms with Gasteiger partial charge in [-0.1, -0.05) is 48.5 Å². The van der Waals surface area contributed by atoms with Crippen LogP contribution >= 0.6 is 0 Å². The van der Waals surface area contributed by atoms with Crippen LogP contribution in [0.15, 0.2) is 48.7 Å². The molecule has 3 aromatic rings. The van der Waals surface area contributed by atoms with Crippen LogP contribution in [-0.4, -0.2) is 21.5 Å². The molecule has 96 valence electrons. The van der Waals surface area contributed by atoms with Crippen LogP contribution in [0.2, 0.25) is 0 Å². The molecule has 0 amide bonds. The van der Waals surface area contributed by atoms with Gasteiger partial charge in [-0.15, -0.1) is 5.10 Å². The minimum Gasteiger partial charge on any atom is -0.311 e. The number of hydrogen-bond donors (Lipinski definition) is 1. The summed E-state index contributed by atoms with van der Waals surface area (Å²) in [6.45, 7) is 3.79. The molecule has 0 bridgehead atoms. The van der Waals surface area contributed by atoms with Crippen LogP contribution in [0.25, 0.3) is 16.5 Å². The number of nitrogens with one attached hydrogen (secondary N) is 1. The average molecular weight is 252 g/mol. The minimum absolute atomic E-state index is 0.771. The predicted octanol–water partition coefficient (Wildman–Crippen LogP) is 2.53. The third-order valence-corrected chi connectivity index (χ3v) is 3.17. The average Bonchev–Trinajstić information content (AvgIpc) is 2.92. The lowest BCUT2D eigenvalue weighted by Gasteiger charge is -2.09. The maximum absolute atomic E-state index is 4.22. The van der Waals surface area contributed by atoms with Crippen molar-refractivity contribution >= 4 is 10.8 Å². The maximum atomic E-state index is 4.22. The number of benzene rings is 2. The summed E-state index contributed by atoms with van der Waals surface area (Å²) in [5.41, 5.74) is 2.14. The van der Waals surface area contributed by atoms with Gasteiger partial charge < -0.3 is 5.32 Å². The summed E-state index contributed by atoms with van der Waals surface area (Å²) in [7, 11) is 0. The summed E-state index contributed by atoms with van der Waals surface area (Å²) in [5, 5.41) is 14.0. The van der Waals surface area contributed by atoms with E-state index in [4.69, 9.17) is 0 Å². The summed E-state index contributed by atoms with van der Waals surface area (Å²) in [5.74, 6) is 0. The van der Waals surface area contributed by atoms with E-state index in [2.05, 4.69) is 52.9 Å². The van der Waals surface area contributed by atoms with E-state index in [9.17, 15) is 0 Å². The SMILES string of the molecule is CCNCc1cnnn1-c1cccc2ccccc12. The third kappa shape index (κ3) is 2.22. The van der Waals surface area contributed by atoms with Crippen molar-refractivity contribution in [3.63, 3.8) is 0 Å². The van der Waals surface area contributed by atoms with E-state index in [1.54, 1.807) is 0 Å². The van der Waals surface area contributed by atoms with Crippen LogP contribution < -0.4 is 5.32 Å². The van der Waals surface area contributed by atoms with E-state index in [0.717, 1.165) is 24.5 Å². The highest BCUT2D eigenvalue weighted by Gasteiger charge is 2.08. The van der Waals surface area contributed by atoms with Crippen LogP contribution in [0, 0.1) is 0 Å². The molecule has 4 heteroatoms. The van der Waals surface area contributed by atoms with Crippen LogP contribution in [0.1, 0.15) is 12.6 Å². The maximum Gasteiger partial charge on any atom is 0.0783 e. The molecule has 0 unspecified atom stereocenters. The van der Waals surface area contributed by atoms with E-state index < -0.39 is 0 Å². The van der Waals surface area contributed by atoms with Gasteiger partial charge in [0.1, 0.15) is 0 Å². The quantitative estimate of drug-likeness (QED) is 0.776. The van der Waals surface area contributed by atoms with Crippen LogP contribution in [0.5, 0.6) is 0 Å². The lowest BCUT2D eigenvalue weighted by Crippen LogP contribution is -2.15. The Kier molecular flexibility index (Phi) is 3.25. The van der Waals surface area contributed by atoms with Crippen molar-refractivity contribution in [3.05, 3.63) is 54.4 Å². The highest BCUT2D eigenvalue weighted by atomic mass is 15.4. The van der Waals surface area contributed by atoms with Crippen molar-refractivity contribution in [1.82, 2.24) is 20.3 Å². The molecule has 1 N–H and O–H groups in total. The van der Waals surface area contributed by atoms with Gasteiger partial charge in [-0.05, 0) is 18.0 Å². The van der Waals surface area contributed by atoms with Crippen LogP contribution in [-0.2, 0) is 6.54 Å². The first-order valence-corrected chi connectivity index (χ1v) is 6.48. The lowest BCUT2D eigenvalue weighted by atomic mass is 10.1. The molecule has 19 heavy (non-hydrogen) atoms. The van der Waals surface area contributed by atoms with E-state index >= 15 is 0 Å². The second-order valence-electron chi connectivity index (χ2n) is 4.42. The standard InChI is InChI=1S/C15H16N4/c1-2-16-10-13-11-17-18-19(13)15-9-5-7-12-6-3-4-8-14(12)15/h3-9,11,16H,2,10H2,1H3. The molecule has 4 nitrogen and oxygen atoms in total. The van der Waals surface area contributed by atoms with Crippen molar-refractivity contribution in [1.29, 1.82) is 0 Å². The molecular formula is C15H16N4. The monoisotopic (exact) mass is 252 g/mol. The fourth-order valence-electron chi connectivity index (χ4n) is 2.23. The number of fused-ring (bicyclic) bond motifs is 1. The first-order chi connectivity index (χ1) is 9.40. The molecule has 0 atom stereocenters. The molecule has 0 saturated carbocycles. The Bertz CT molecular complexity index is 682. The Morgan fingerprint density at radius 2 is 1.95 bits per heavy atom. The second kappa shape index (κ2) is 5.20. The van der Waals surface area contributed by atoms with Gasteiger partial charge >= 0.3 is 0 Å². The molecule has 0 spiro atoms.